The highest BCUT2D eigenvalue weighted by Crippen LogP contribution is 2.17. The zero-order valence-electron chi connectivity index (χ0n) is 11.8. The van der Waals surface area contributed by atoms with E-state index in [4.69, 9.17) is 22.3 Å². The van der Waals surface area contributed by atoms with Crippen molar-refractivity contribution in [2.45, 2.75) is 19.3 Å². The van der Waals surface area contributed by atoms with Crippen molar-refractivity contribution in [3.05, 3.63) is 70.8 Å². The summed E-state index contributed by atoms with van der Waals surface area (Å²) >= 11 is 6.03. The van der Waals surface area contributed by atoms with Gasteiger partial charge in [-0.25, -0.2) is 4.98 Å². The molecule has 0 amide bonds. The number of imidazole rings is 1. The molecule has 21 heavy (non-hydrogen) atoms. The molecule has 0 saturated carbocycles. The molecule has 0 aliphatic carbocycles. The second kappa shape index (κ2) is 6.29. The lowest BCUT2D eigenvalue weighted by Crippen LogP contribution is -2.03. The molecule has 0 spiro atoms. The molecule has 3 nitrogen and oxygen atoms in total. The molecule has 108 valence electrons. The first-order valence-electron chi connectivity index (χ1n) is 7.17. The minimum atomic E-state index is 0.620. The lowest BCUT2D eigenvalue weighted by molar-refractivity contribution is 0.842. The number of nitrogens with two attached hydrogens (primary N) is 1. The van der Waals surface area contributed by atoms with Gasteiger partial charge in [-0.15, -0.1) is 0 Å². The standard InChI is InChI=1S/C17H18ClN3/c18-14-5-3-4-13(12-14)7-8-17-20-15(9-10-19)16-6-1-2-11-21(16)17/h1-6,11-12H,7-10,19H2. The smallest absolute Gasteiger partial charge is 0.113 e. The molecule has 2 aromatic heterocycles. The maximum atomic E-state index is 6.03. The van der Waals surface area contributed by atoms with Gasteiger partial charge >= 0.3 is 0 Å². The fourth-order valence-corrected chi connectivity index (χ4v) is 2.83. The average molecular weight is 300 g/mol. The lowest BCUT2D eigenvalue weighted by atomic mass is 10.1. The highest BCUT2D eigenvalue weighted by atomic mass is 35.5. The number of hydrogen-bond acceptors (Lipinski definition) is 2. The van der Waals surface area contributed by atoms with Crippen LogP contribution in [0.4, 0.5) is 0 Å². The monoisotopic (exact) mass is 299 g/mol. The van der Waals surface area contributed by atoms with E-state index >= 15 is 0 Å². The summed E-state index contributed by atoms with van der Waals surface area (Å²) in [6.45, 7) is 0.620. The van der Waals surface area contributed by atoms with Gasteiger partial charge in [-0.1, -0.05) is 29.8 Å². The number of benzene rings is 1. The van der Waals surface area contributed by atoms with Gasteiger partial charge in [0.1, 0.15) is 5.82 Å². The first-order chi connectivity index (χ1) is 10.3. The van der Waals surface area contributed by atoms with Gasteiger partial charge in [0, 0.05) is 24.1 Å². The third-order valence-electron chi connectivity index (χ3n) is 3.61. The number of nitrogens with zero attached hydrogens (tertiary/aromatic N) is 2. The Labute approximate surface area is 129 Å². The van der Waals surface area contributed by atoms with Gasteiger partial charge in [0.25, 0.3) is 0 Å². The van der Waals surface area contributed by atoms with Crippen molar-refractivity contribution < 1.29 is 0 Å². The topological polar surface area (TPSA) is 43.3 Å². The van der Waals surface area contributed by atoms with Crippen molar-refractivity contribution >= 4 is 17.1 Å². The summed E-state index contributed by atoms with van der Waals surface area (Å²) in [5, 5.41) is 0.782. The van der Waals surface area contributed by atoms with Crippen LogP contribution in [0.2, 0.25) is 5.02 Å². The summed E-state index contributed by atoms with van der Waals surface area (Å²) in [5.74, 6) is 1.08. The molecule has 0 fully saturated rings. The minimum Gasteiger partial charge on any atom is -0.330 e. The Hall–Kier alpha value is -1.84. The predicted molar refractivity (Wildman–Crippen MR) is 86.8 cm³/mol. The summed E-state index contributed by atoms with van der Waals surface area (Å²) in [4.78, 5) is 4.77. The molecule has 0 saturated heterocycles. The average Bonchev–Trinajstić information content (AvgIpc) is 2.84. The van der Waals surface area contributed by atoms with Gasteiger partial charge in [0.15, 0.2) is 0 Å². The van der Waals surface area contributed by atoms with Gasteiger partial charge < -0.3 is 10.1 Å². The van der Waals surface area contributed by atoms with Crippen LogP contribution in [0.1, 0.15) is 17.1 Å². The van der Waals surface area contributed by atoms with Crippen molar-refractivity contribution in [2.24, 2.45) is 5.73 Å². The quantitative estimate of drug-likeness (QED) is 0.786. The SMILES string of the molecule is NCCc1nc(CCc2cccc(Cl)c2)n2ccccc12. The molecule has 0 aliphatic rings. The Kier molecular flexibility index (Phi) is 4.23. The van der Waals surface area contributed by atoms with Crippen molar-refractivity contribution in [3.8, 4) is 0 Å². The van der Waals surface area contributed by atoms with Gasteiger partial charge in [-0.2, -0.15) is 0 Å². The summed E-state index contributed by atoms with van der Waals surface area (Å²) in [6.07, 6.45) is 4.69. The number of hydrogen-bond donors (Lipinski definition) is 1. The van der Waals surface area contributed by atoms with Crippen LogP contribution in [0, 0.1) is 0 Å². The van der Waals surface area contributed by atoms with E-state index in [1.807, 2.05) is 30.3 Å². The van der Waals surface area contributed by atoms with Gasteiger partial charge in [-0.3, -0.25) is 0 Å². The largest absolute Gasteiger partial charge is 0.330 e. The van der Waals surface area contributed by atoms with Gasteiger partial charge in [0.2, 0.25) is 0 Å². The normalized spacial score (nSPS) is 11.1. The zero-order chi connectivity index (χ0) is 14.7. The zero-order valence-corrected chi connectivity index (χ0v) is 12.6. The third kappa shape index (κ3) is 3.09. The van der Waals surface area contributed by atoms with Crippen molar-refractivity contribution in [1.29, 1.82) is 0 Å². The van der Waals surface area contributed by atoms with E-state index in [-0.39, 0.29) is 0 Å². The minimum absolute atomic E-state index is 0.620. The molecular weight excluding hydrogens is 282 g/mol. The molecule has 0 unspecified atom stereocenters. The highest BCUT2D eigenvalue weighted by molar-refractivity contribution is 6.30. The first-order valence-corrected chi connectivity index (χ1v) is 7.55. The van der Waals surface area contributed by atoms with Crippen LogP contribution in [0.15, 0.2) is 48.7 Å². The van der Waals surface area contributed by atoms with Crippen LogP contribution in [0.5, 0.6) is 0 Å². The molecule has 0 bridgehead atoms. The Bertz CT molecular complexity index is 749. The molecule has 3 rings (SSSR count). The Morgan fingerprint density at radius 1 is 1.05 bits per heavy atom. The highest BCUT2D eigenvalue weighted by Gasteiger charge is 2.09. The molecule has 4 heteroatoms. The van der Waals surface area contributed by atoms with E-state index < -0.39 is 0 Å². The van der Waals surface area contributed by atoms with E-state index in [2.05, 4.69) is 22.7 Å². The van der Waals surface area contributed by atoms with E-state index in [0.717, 1.165) is 41.3 Å². The van der Waals surface area contributed by atoms with E-state index in [9.17, 15) is 0 Å². The fourth-order valence-electron chi connectivity index (χ4n) is 2.62. The number of aryl methyl sites for hydroxylation is 2. The van der Waals surface area contributed by atoms with E-state index in [1.165, 1.54) is 5.56 Å². The number of rotatable bonds is 5. The van der Waals surface area contributed by atoms with Crippen LogP contribution in [-0.4, -0.2) is 15.9 Å². The molecule has 1 aromatic carbocycles. The van der Waals surface area contributed by atoms with Crippen LogP contribution in [-0.2, 0) is 19.3 Å². The summed E-state index contributed by atoms with van der Waals surface area (Å²) in [5.41, 5.74) is 9.15. The number of pyridine rings is 1. The van der Waals surface area contributed by atoms with Crippen LogP contribution >= 0.6 is 11.6 Å². The van der Waals surface area contributed by atoms with Gasteiger partial charge in [0.05, 0.1) is 11.2 Å². The Morgan fingerprint density at radius 2 is 1.95 bits per heavy atom. The summed E-state index contributed by atoms with van der Waals surface area (Å²) in [6, 6.07) is 14.2. The Morgan fingerprint density at radius 3 is 2.76 bits per heavy atom. The fraction of sp³-hybridized carbons (Fsp3) is 0.235. The molecule has 0 aliphatic heterocycles. The van der Waals surface area contributed by atoms with Crippen molar-refractivity contribution in [3.63, 3.8) is 0 Å². The van der Waals surface area contributed by atoms with E-state index in [1.54, 1.807) is 0 Å². The first kappa shape index (κ1) is 14.1. The van der Waals surface area contributed by atoms with Crippen LogP contribution in [0.3, 0.4) is 0 Å². The number of halogens is 1. The number of aromatic nitrogens is 2. The van der Waals surface area contributed by atoms with Crippen LogP contribution in [0.25, 0.3) is 5.52 Å². The Balaban J connectivity index is 1.86. The molecule has 0 atom stereocenters. The van der Waals surface area contributed by atoms with E-state index in [0.29, 0.717) is 6.54 Å². The maximum Gasteiger partial charge on any atom is 0.113 e. The van der Waals surface area contributed by atoms with Gasteiger partial charge in [-0.05, 0) is 42.8 Å². The summed E-state index contributed by atoms with van der Waals surface area (Å²) < 4.78 is 2.16. The second-order valence-electron chi connectivity index (χ2n) is 5.10. The summed E-state index contributed by atoms with van der Waals surface area (Å²) in [7, 11) is 0. The molecule has 0 radical (unpaired) electrons. The molecule has 2 N–H and O–H groups in total. The predicted octanol–water partition coefficient (Wildman–Crippen LogP) is 3.27. The van der Waals surface area contributed by atoms with Crippen molar-refractivity contribution in [2.75, 3.05) is 6.54 Å². The molecule has 2 heterocycles. The second-order valence-corrected chi connectivity index (χ2v) is 5.54. The molecule has 3 aromatic rings. The third-order valence-corrected chi connectivity index (χ3v) is 3.84. The lowest BCUT2D eigenvalue weighted by Gasteiger charge is -2.02. The molecular formula is C17H18ClN3. The van der Waals surface area contributed by atoms with Crippen LogP contribution < -0.4 is 5.73 Å². The maximum absolute atomic E-state index is 6.03. The van der Waals surface area contributed by atoms with Crippen molar-refractivity contribution in [1.82, 2.24) is 9.38 Å². The number of fused-ring (bicyclic) bond motifs is 1.